The molecule has 2 aromatic rings. The Labute approximate surface area is 163 Å². The Bertz CT molecular complexity index is 687. The predicted octanol–water partition coefficient (Wildman–Crippen LogP) is 3.78. The van der Waals surface area contributed by atoms with Crippen molar-refractivity contribution in [1.82, 2.24) is 15.6 Å². The highest BCUT2D eigenvalue weighted by molar-refractivity contribution is 8.00. The number of para-hydroxylation sites is 1. The lowest BCUT2D eigenvalue weighted by Crippen LogP contribution is -2.37. The summed E-state index contributed by atoms with van der Waals surface area (Å²) in [7, 11) is 1.80. The summed E-state index contributed by atoms with van der Waals surface area (Å²) in [5.74, 6) is 3.60. The third-order valence-electron chi connectivity index (χ3n) is 4.06. The molecule has 0 aliphatic heterocycles. The minimum absolute atomic E-state index is 0.703. The molecule has 1 heterocycles. The van der Waals surface area contributed by atoms with Crippen LogP contribution in [0.15, 0.2) is 45.2 Å². The number of rotatable bonds is 10. The van der Waals surface area contributed by atoms with Crippen LogP contribution < -0.4 is 15.4 Å². The standard InChI is InChI=1S/C19H26N4OS2/c1-20-18(21-9-4-11-25-19-22-10-12-26-19)23-13-16-5-2-3-6-17(16)24-14-15-7-8-15/h2-3,5-6,10,12,15H,4,7-9,11,13-14H2,1H3,(H2,20,21,23). The fourth-order valence-corrected chi connectivity index (χ4v) is 4.05. The van der Waals surface area contributed by atoms with Crippen LogP contribution in [0.3, 0.4) is 0 Å². The molecule has 26 heavy (non-hydrogen) atoms. The number of aromatic nitrogens is 1. The maximum atomic E-state index is 5.97. The summed E-state index contributed by atoms with van der Waals surface area (Å²) in [6.45, 7) is 2.42. The monoisotopic (exact) mass is 390 g/mol. The van der Waals surface area contributed by atoms with Crippen molar-refractivity contribution in [3.05, 3.63) is 41.4 Å². The number of nitrogens with one attached hydrogen (secondary N) is 2. The van der Waals surface area contributed by atoms with Crippen LogP contribution in [0.5, 0.6) is 5.75 Å². The Morgan fingerprint density at radius 2 is 2.23 bits per heavy atom. The van der Waals surface area contributed by atoms with Gasteiger partial charge in [-0.3, -0.25) is 4.99 Å². The largest absolute Gasteiger partial charge is 0.493 e. The lowest BCUT2D eigenvalue weighted by atomic mass is 10.2. The molecule has 0 spiro atoms. The Kier molecular flexibility index (Phi) is 7.64. The molecule has 140 valence electrons. The molecule has 1 fully saturated rings. The Hall–Kier alpha value is -1.73. The molecule has 0 amide bonds. The van der Waals surface area contributed by atoms with Crippen LogP contribution in [0, 0.1) is 5.92 Å². The van der Waals surface area contributed by atoms with Gasteiger partial charge in [-0.2, -0.15) is 0 Å². The van der Waals surface area contributed by atoms with Crippen molar-refractivity contribution in [3.63, 3.8) is 0 Å². The van der Waals surface area contributed by atoms with E-state index in [2.05, 4.69) is 26.7 Å². The number of guanidine groups is 1. The van der Waals surface area contributed by atoms with Gasteiger partial charge in [0, 0.05) is 43.0 Å². The first-order chi connectivity index (χ1) is 12.8. The van der Waals surface area contributed by atoms with E-state index in [9.17, 15) is 0 Å². The first-order valence-electron chi connectivity index (χ1n) is 9.02. The quantitative estimate of drug-likeness (QED) is 0.280. The number of thiazole rings is 1. The van der Waals surface area contributed by atoms with Crippen LogP contribution >= 0.6 is 23.1 Å². The zero-order chi connectivity index (χ0) is 18.0. The molecule has 0 radical (unpaired) electrons. The van der Waals surface area contributed by atoms with Gasteiger partial charge in [-0.25, -0.2) is 4.98 Å². The van der Waals surface area contributed by atoms with Crippen molar-refractivity contribution in [2.24, 2.45) is 10.9 Å². The fraction of sp³-hybridized carbons (Fsp3) is 0.474. The first-order valence-corrected chi connectivity index (χ1v) is 10.9. The number of aliphatic imine (C=N–C) groups is 1. The third-order valence-corrected chi connectivity index (χ3v) is 6.11. The molecule has 2 N–H and O–H groups in total. The van der Waals surface area contributed by atoms with Gasteiger partial charge in [0.05, 0.1) is 6.61 Å². The van der Waals surface area contributed by atoms with Gasteiger partial charge in [-0.05, 0) is 31.2 Å². The zero-order valence-corrected chi connectivity index (χ0v) is 16.7. The van der Waals surface area contributed by atoms with Crippen molar-refractivity contribution in [2.45, 2.75) is 30.1 Å². The summed E-state index contributed by atoms with van der Waals surface area (Å²) in [6.07, 6.45) is 5.52. The molecular weight excluding hydrogens is 364 g/mol. The van der Waals surface area contributed by atoms with Crippen molar-refractivity contribution >= 4 is 29.1 Å². The van der Waals surface area contributed by atoms with Gasteiger partial charge < -0.3 is 15.4 Å². The van der Waals surface area contributed by atoms with Crippen molar-refractivity contribution < 1.29 is 4.74 Å². The van der Waals surface area contributed by atoms with E-state index < -0.39 is 0 Å². The second-order valence-electron chi connectivity index (χ2n) is 6.21. The van der Waals surface area contributed by atoms with Crippen LogP contribution in [0.4, 0.5) is 0 Å². The second-order valence-corrected chi connectivity index (χ2v) is 8.45. The predicted molar refractivity (Wildman–Crippen MR) is 110 cm³/mol. The van der Waals surface area contributed by atoms with E-state index in [4.69, 9.17) is 4.74 Å². The fourth-order valence-electron chi connectivity index (χ4n) is 2.40. The molecule has 1 aromatic carbocycles. The molecule has 0 saturated heterocycles. The van der Waals surface area contributed by atoms with Crippen LogP contribution in [0.2, 0.25) is 0 Å². The first kappa shape index (κ1) is 19.0. The number of hydrogen-bond donors (Lipinski definition) is 2. The molecule has 0 atom stereocenters. The minimum Gasteiger partial charge on any atom is -0.493 e. The molecule has 3 rings (SSSR count). The van der Waals surface area contributed by atoms with Crippen molar-refractivity contribution in [2.75, 3.05) is 26.0 Å². The van der Waals surface area contributed by atoms with Crippen molar-refractivity contribution in [3.8, 4) is 5.75 Å². The molecule has 1 saturated carbocycles. The van der Waals surface area contributed by atoms with E-state index in [-0.39, 0.29) is 0 Å². The summed E-state index contributed by atoms with van der Waals surface area (Å²) >= 11 is 3.49. The topological polar surface area (TPSA) is 58.5 Å². The molecule has 5 nitrogen and oxygen atoms in total. The third kappa shape index (κ3) is 6.53. The summed E-state index contributed by atoms with van der Waals surface area (Å²) in [5, 5.41) is 8.76. The highest BCUT2D eigenvalue weighted by atomic mass is 32.2. The van der Waals surface area contributed by atoms with E-state index in [1.54, 1.807) is 30.1 Å². The van der Waals surface area contributed by atoms with Gasteiger partial charge in [0.15, 0.2) is 5.96 Å². The molecule has 0 bridgehead atoms. The highest BCUT2D eigenvalue weighted by Gasteiger charge is 2.22. The SMILES string of the molecule is CN=C(NCCCSc1nccs1)NCc1ccccc1OCC1CC1. The average molecular weight is 391 g/mol. The summed E-state index contributed by atoms with van der Waals surface area (Å²) in [5.41, 5.74) is 1.16. The van der Waals surface area contributed by atoms with E-state index in [0.717, 1.165) is 52.9 Å². The number of benzene rings is 1. The lowest BCUT2D eigenvalue weighted by molar-refractivity contribution is 0.296. The van der Waals surface area contributed by atoms with Crippen LogP contribution in [-0.2, 0) is 6.54 Å². The molecule has 0 unspecified atom stereocenters. The molecule has 1 aliphatic carbocycles. The average Bonchev–Trinajstić information content (AvgIpc) is 3.36. The van der Waals surface area contributed by atoms with Gasteiger partial charge >= 0.3 is 0 Å². The maximum Gasteiger partial charge on any atom is 0.191 e. The maximum absolute atomic E-state index is 5.97. The zero-order valence-electron chi connectivity index (χ0n) is 15.1. The van der Waals surface area contributed by atoms with Gasteiger partial charge in [-0.1, -0.05) is 30.0 Å². The number of thioether (sulfide) groups is 1. The molecule has 1 aliphatic rings. The van der Waals surface area contributed by atoms with Crippen molar-refractivity contribution in [1.29, 1.82) is 0 Å². The summed E-state index contributed by atoms with van der Waals surface area (Å²) in [6, 6.07) is 8.23. The van der Waals surface area contributed by atoms with Gasteiger partial charge in [0.2, 0.25) is 0 Å². The van der Waals surface area contributed by atoms with Crippen LogP contribution in [-0.4, -0.2) is 36.9 Å². The number of hydrogen-bond acceptors (Lipinski definition) is 5. The van der Waals surface area contributed by atoms with Crippen LogP contribution in [0.25, 0.3) is 0 Å². The van der Waals surface area contributed by atoms with E-state index in [1.165, 1.54) is 12.8 Å². The van der Waals surface area contributed by atoms with Gasteiger partial charge in [-0.15, -0.1) is 11.3 Å². The smallest absolute Gasteiger partial charge is 0.191 e. The van der Waals surface area contributed by atoms with E-state index in [0.29, 0.717) is 6.54 Å². The van der Waals surface area contributed by atoms with Gasteiger partial charge in [0.25, 0.3) is 0 Å². The second kappa shape index (κ2) is 10.4. The van der Waals surface area contributed by atoms with Gasteiger partial charge in [0.1, 0.15) is 10.1 Å². The molecule has 7 heteroatoms. The summed E-state index contributed by atoms with van der Waals surface area (Å²) in [4.78, 5) is 8.58. The Morgan fingerprint density at radius 1 is 1.35 bits per heavy atom. The minimum atomic E-state index is 0.703. The molecule has 1 aromatic heterocycles. The Balaban J connectivity index is 1.36. The summed E-state index contributed by atoms with van der Waals surface area (Å²) < 4.78 is 7.10. The normalized spacial score (nSPS) is 14.3. The number of nitrogens with zero attached hydrogens (tertiary/aromatic N) is 2. The lowest BCUT2D eigenvalue weighted by Gasteiger charge is -2.14. The molecular formula is C19H26N4OS2. The Morgan fingerprint density at radius 3 is 3.00 bits per heavy atom. The van der Waals surface area contributed by atoms with E-state index >= 15 is 0 Å². The van der Waals surface area contributed by atoms with Crippen LogP contribution in [0.1, 0.15) is 24.8 Å². The highest BCUT2D eigenvalue weighted by Crippen LogP contribution is 2.30. The number of ether oxygens (including phenoxy) is 1. The van der Waals surface area contributed by atoms with E-state index in [1.807, 2.05) is 29.8 Å².